The van der Waals surface area contributed by atoms with E-state index >= 15 is 0 Å². The van der Waals surface area contributed by atoms with Crippen LogP contribution in [0.15, 0.2) is 96.8 Å². The van der Waals surface area contributed by atoms with Crippen molar-refractivity contribution >= 4 is 11.9 Å². The number of hydrogen-bond donors (Lipinski definition) is 0. The summed E-state index contributed by atoms with van der Waals surface area (Å²) in [5, 5.41) is 0. The van der Waals surface area contributed by atoms with E-state index in [1.54, 1.807) is 6.26 Å². The van der Waals surface area contributed by atoms with Crippen LogP contribution in [0.4, 0.5) is 0 Å². The van der Waals surface area contributed by atoms with E-state index in [-0.39, 0.29) is 0 Å². The molecule has 0 atom stereocenters. The van der Waals surface area contributed by atoms with E-state index in [0.717, 1.165) is 95.0 Å². The predicted octanol–water partition coefficient (Wildman–Crippen LogP) is 20.5. The number of ether oxygens (including phenoxy) is 4. The maximum absolute atomic E-state index is 13.5. The summed E-state index contributed by atoms with van der Waals surface area (Å²) in [5.41, 5.74) is 0. The number of unbranched alkanes of at least 4 members (excludes halogenated alkanes) is 27. The van der Waals surface area contributed by atoms with Crippen molar-refractivity contribution in [1.29, 1.82) is 0 Å². The fourth-order valence-corrected chi connectivity index (χ4v) is 8.62. The highest BCUT2D eigenvalue weighted by Crippen LogP contribution is 2.25. The fraction of sp³-hybridized carbons (Fsp3) is 0.723. The van der Waals surface area contributed by atoms with Crippen LogP contribution < -0.4 is 0 Å². The predicted molar refractivity (Wildman–Crippen MR) is 305 cm³/mol. The Labute approximate surface area is 438 Å². The lowest BCUT2D eigenvalue weighted by Crippen LogP contribution is -2.28. The Kier molecular flexibility index (Phi) is 50.0. The Bertz CT molecular complexity index is 1370. The van der Waals surface area contributed by atoms with Gasteiger partial charge in [-0.3, -0.25) is 9.59 Å². The summed E-state index contributed by atoms with van der Waals surface area (Å²) in [7, 11) is 0. The van der Waals surface area contributed by atoms with Crippen molar-refractivity contribution in [2.24, 2.45) is 5.92 Å². The summed E-state index contributed by atoms with van der Waals surface area (Å²) < 4.78 is 23.7. The van der Waals surface area contributed by atoms with Crippen molar-refractivity contribution in [2.45, 2.75) is 278 Å². The normalized spacial score (nSPS) is 13.7. The lowest BCUT2D eigenvalue weighted by molar-refractivity contribution is -0.162. The van der Waals surface area contributed by atoms with Crippen LogP contribution in [0.2, 0.25) is 0 Å². The molecule has 1 aliphatic heterocycles. The summed E-state index contributed by atoms with van der Waals surface area (Å²) in [6, 6.07) is 0. The minimum Gasteiger partial charge on any atom is -0.494 e. The molecule has 0 saturated carbocycles. The molecule has 0 aromatic heterocycles. The Morgan fingerprint density at radius 1 is 0.423 bits per heavy atom. The first-order chi connectivity index (χ1) is 35.1. The SMILES string of the molecule is CCCCC/C=C\C/C=C\CCCCCCCCOC(=O)C(CCCC(OCCCCCCCC/C=C\C/C=C\CCCCC)=C1CC=CO1)C(=O)OCCCCCCCC/C=C\C/C=C\CCCCC. The van der Waals surface area contributed by atoms with Gasteiger partial charge in [-0.25, -0.2) is 0 Å². The molecule has 6 heteroatoms. The van der Waals surface area contributed by atoms with Gasteiger partial charge in [0.1, 0.15) is 11.5 Å². The van der Waals surface area contributed by atoms with E-state index in [1.165, 1.54) is 148 Å². The lowest BCUT2D eigenvalue weighted by Gasteiger charge is -2.17. The maximum atomic E-state index is 13.5. The average Bonchev–Trinajstić information content (AvgIpc) is 3.92. The Morgan fingerprint density at radius 3 is 1.08 bits per heavy atom. The van der Waals surface area contributed by atoms with Crippen LogP contribution in [0, 0.1) is 5.92 Å². The second kappa shape index (κ2) is 54.2. The minimum absolute atomic E-state index is 0.343. The number of carbonyl (C=O) groups is 2. The fourth-order valence-electron chi connectivity index (χ4n) is 8.62. The van der Waals surface area contributed by atoms with Crippen LogP contribution in [0.3, 0.4) is 0 Å². The molecule has 0 spiro atoms. The first-order valence-electron chi connectivity index (χ1n) is 30.0. The van der Waals surface area contributed by atoms with Gasteiger partial charge < -0.3 is 18.9 Å². The molecule has 0 amide bonds. The van der Waals surface area contributed by atoms with Gasteiger partial charge in [0.05, 0.1) is 26.1 Å². The Morgan fingerprint density at radius 2 is 0.746 bits per heavy atom. The van der Waals surface area contributed by atoms with Gasteiger partial charge in [0.25, 0.3) is 0 Å². The molecule has 0 bridgehead atoms. The molecule has 0 radical (unpaired) electrons. The third-order valence-corrected chi connectivity index (χ3v) is 13.2. The lowest BCUT2D eigenvalue weighted by atomic mass is 10.0. The quantitative estimate of drug-likeness (QED) is 0.0199. The van der Waals surface area contributed by atoms with E-state index in [2.05, 4.69) is 93.7 Å². The molecule has 0 unspecified atom stereocenters. The van der Waals surface area contributed by atoms with Crippen molar-refractivity contribution in [3.05, 3.63) is 96.8 Å². The van der Waals surface area contributed by atoms with E-state index in [4.69, 9.17) is 18.9 Å². The van der Waals surface area contributed by atoms with Crippen molar-refractivity contribution in [1.82, 2.24) is 0 Å². The molecule has 406 valence electrons. The molecule has 0 aromatic rings. The van der Waals surface area contributed by atoms with Crippen molar-refractivity contribution in [2.75, 3.05) is 19.8 Å². The van der Waals surface area contributed by atoms with Gasteiger partial charge >= 0.3 is 11.9 Å². The maximum Gasteiger partial charge on any atom is 0.320 e. The number of rotatable bonds is 52. The largest absolute Gasteiger partial charge is 0.494 e. The summed E-state index contributed by atoms with van der Waals surface area (Å²) >= 11 is 0. The van der Waals surface area contributed by atoms with Gasteiger partial charge in [-0.2, -0.15) is 0 Å². The van der Waals surface area contributed by atoms with Crippen LogP contribution in [0.25, 0.3) is 0 Å². The molecule has 0 aromatic carbocycles. The third kappa shape index (κ3) is 44.9. The molecule has 1 heterocycles. The molecule has 0 aliphatic carbocycles. The van der Waals surface area contributed by atoms with Gasteiger partial charge in [0.15, 0.2) is 5.92 Å². The monoisotopic (exact) mass is 987 g/mol. The van der Waals surface area contributed by atoms with Gasteiger partial charge in [-0.15, -0.1) is 0 Å². The van der Waals surface area contributed by atoms with Gasteiger partial charge in [0, 0.05) is 12.8 Å². The smallest absolute Gasteiger partial charge is 0.320 e. The topological polar surface area (TPSA) is 71.1 Å². The molecule has 0 saturated heterocycles. The highest BCUT2D eigenvalue weighted by atomic mass is 16.6. The van der Waals surface area contributed by atoms with Crippen LogP contribution >= 0.6 is 0 Å². The Hall–Kier alpha value is -3.54. The van der Waals surface area contributed by atoms with E-state index in [1.807, 2.05) is 6.08 Å². The Balaban J connectivity index is 2.48. The number of allylic oxidation sites excluding steroid dienone is 14. The average molecular weight is 988 g/mol. The van der Waals surface area contributed by atoms with Gasteiger partial charge in [-0.1, -0.05) is 209 Å². The molecule has 0 N–H and O–H groups in total. The van der Waals surface area contributed by atoms with E-state index < -0.39 is 17.9 Å². The molecule has 1 aliphatic rings. The van der Waals surface area contributed by atoms with E-state index in [0.29, 0.717) is 45.5 Å². The van der Waals surface area contributed by atoms with Crippen molar-refractivity contribution in [3.8, 4) is 0 Å². The first kappa shape index (κ1) is 65.5. The molecular formula is C65H110O6. The molecule has 6 nitrogen and oxygen atoms in total. The highest BCUT2D eigenvalue weighted by molar-refractivity contribution is 5.94. The third-order valence-electron chi connectivity index (χ3n) is 13.2. The zero-order chi connectivity index (χ0) is 51.0. The van der Waals surface area contributed by atoms with Gasteiger partial charge in [-0.05, 0) is 134 Å². The number of esters is 2. The van der Waals surface area contributed by atoms with Crippen LogP contribution in [-0.4, -0.2) is 31.8 Å². The molecule has 1 rings (SSSR count). The van der Waals surface area contributed by atoms with Crippen LogP contribution in [0.1, 0.15) is 278 Å². The standard InChI is InChI=1S/C65H110O6/c1-4-7-10-13-16-19-22-25-28-31-34-37-40-43-46-49-57-68-62(63-56-53-60-69-63)55-52-54-61(64(66)70-58-50-47-44-41-38-35-32-29-26-23-20-17-14-11-8-5-2)65(67)71-59-51-48-45-42-39-36-33-30-27-24-21-18-15-12-9-6-3/h16-21,25-30,53,60-61H,4-15,22-24,31-52,54-59H2,1-3H3/b19-16-,20-17-,21-18-,28-25-,29-26-,30-27-,63-62?. The summed E-state index contributed by atoms with van der Waals surface area (Å²) in [6.07, 6.45) is 76.0. The molecular weight excluding hydrogens is 877 g/mol. The zero-order valence-corrected chi connectivity index (χ0v) is 46.5. The summed E-state index contributed by atoms with van der Waals surface area (Å²) in [6.45, 7) is 8.08. The van der Waals surface area contributed by atoms with Crippen LogP contribution in [-0.2, 0) is 28.5 Å². The highest BCUT2D eigenvalue weighted by Gasteiger charge is 2.30. The van der Waals surface area contributed by atoms with Crippen LogP contribution in [0.5, 0.6) is 0 Å². The number of carbonyl (C=O) groups excluding carboxylic acids is 2. The van der Waals surface area contributed by atoms with E-state index in [9.17, 15) is 9.59 Å². The molecule has 0 fully saturated rings. The number of hydrogen-bond acceptors (Lipinski definition) is 6. The molecule has 71 heavy (non-hydrogen) atoms. The summed E-state index contributed by atoms with van der Waals surface area (Å²) in [5.74, 6) is -0.164. The zero-order valence-electron chi connectivity index (χ0n) is 46.5. The second-order valence-corrected chi connectivity index (χ2v) is 19.9. The van der Waals surface area contributed by atoms with Crippen molar-refractivity contribution < 1.29 is 28.5 Å². The second-order valence-electron chi connectivity index (χ2n) is 19.9. The minimum atomic E-state index is -0.925. The first-order valence-corrected chi connectivity index (χ1v) is 30.0. The summed E-state index contributed by atoms with van der Waals surface area (Å²) in [4.78, 5) is 27.0. The van der Waals surface area contributed by atoms with Gasteiger partial charge in [0.2, 0.25) is 0 Å². The van der Waals surface area contributed by atoms with Crippen molar-refractivity contribution in [3.63, 3.8) is 0 Å².